The Kier molecular flexibility index (Phi) is 3.25. The summed E-state index contributed by atoms with van der Waals surface area (Å²) < 4.78 is 5.67. The molecule has 0 amide bonds. The van der Waals surface area contributed by atoms with Gasteiger partial charge in [-0.2, -0.15) is 4.99 Å². The van der Waals surface area contributed by atoms with Gasteiger partial charge in [0.15, 0.2) is 0 Å². The average molecular weight is 239 g/mol. The van der Waals surface area contributed by atoms with E-state index in [1.165, 1.54) is 6.08 Å². The smallest absolute Gasteiger partial charge is 0.240 e. The van der Waals surface area contributed by atoms with Gasteiger partial charge in [0.1, 0.15) is 11.9 Å². The molecule has 0 unspecified atom stereocenters. The summed E-state index contributed by atoms with van der Waals surface area (Å²) in [4.78, 5) is 15.7. The molecule has 1 aromatic carbocycles. The highest BCUT2D eigenvalue weighted by molar-refractivity contribution is 6.32. The van der Waals surface area contributed by atoms with Crippen molar-refractivity contribution in [3.05, 3.63) is 23.2 Å². The molecule has 84 valence electrons. The summed E-state index contributed by atoms with van der Waals surface area (Å²) in [7, 11) is 2.03. The molecule has 5 heteroatoms. The first kappa shape index (κ1) is 11.1. The normalized spacial score (nSPS) is 16.4. The largest absolute Gasteiger partial charge is 0.486 e. The number of isocyanates is 1. The molecule has 0 saturated carbocycles. The molecule has 0 N–H and O–H groups in total. The second kappa shape index (κ2) is 4.66. The maximum Gasteiger partial charge on any atom is 0.240 e. The summed E-state index contributed by atoms with van der Waals surface area (Å²) >= 11 is 6.00. The summed E-state index contributed by atoms with van der Waals surface area (Å²) in [6, 6.07) is 4.98. The lowest BCUT2D eigenvalue weighted by Crippen LogP contribution is -2.51. The van der Waals surface area contributed by atoms with Crippen molar-refractivity contribution in [2.24, 2.45) is 4.99 Å². The topological polar surface area (TPSA) is 41.9 Å². The molecule has 1 fully saturated rings. The van der Waals surface area contributed by atoms with Crippen molar-refractivity contribution in [3.63, 3.8) is 0 Å². The molecule has 1 saturated heterocycles. The number of ether oxygens (including phenoxy) is 1. The van der Waals surface area contributed by atoms with Gasteiger partial charge in [-0.05, 0) is 25.2 Å². The van der Waals surface area contributed by atoms with E-state index in [-0.39, 0.29) is 6.10 Å². The van der Waals surface area contributed by atoms with E-state index in [0.717, 1.165) is 13.1 Å². The second-order valence-corrected chi connectivity index (χ2v) is 4.19. The standard InChI is InChI=1S/C11H11ClN2O2/c1-14-5-9(6-14)16-11-3-2-8(13-7-15)4-10(11)12/h2-4,9H,5-6H2,1H3. The number of halogens is 1. The Bertz CT molecular complexity index is 438. The molecule has 1 aliphatic rings. The number of aliphatic imine (C=N–C) groups is 1. The van der Waals surface area contributed by atoms with E-state index in [0.29, 0.717) is 16.5 Å². The van der Waals surface area contributed by atoms with Gasteiger partial charge >= 0.3 is 0 Å². The maximum absolute atomic E-state index is 10.1. The summed E-state index contributed by atoms with van der Waals surface area (Å²) in [5, 5.41) is 0.464. The van der Waals surface area contributed by atoms with E-state index < -0.39 is 0 Å². The lowest BCUT2D eigenvalue weighted by atomic mass is 10.2. The number of hydrogen-bond acceptors (Lipinski definition) is 4. The van der Waals surface area contributed by atoms with Crippen LogP contribution in [0.25, 0.3) is 0 Å². The molecule has 16 heavy (non-hydrogen) atoms. The molecule has 0 radical (unpaired) electrons. The SMILES string of the molecule is CN1CC(Oc2ccc(N=C=O)cc2Cl)C1. The lowest BCUT2D eigenvalue weighted by Gasteiger charge is -2.36. The molecule has 0 spiro atoms. The van der Waals surface area contributed by atoms with E-state index in [1.54, 1.807) is 18.2 Å². The van der Waals surface area contributed by atoms with Gasteiger partial charge in [-0.15, -0.1) is 0 Å². The molecular weight excluding hydrogens is 228 g/mol. The van der Waals surface area contributed by atoms with E-state index in [1.807, 2.05) is 7.05 Å². The molecular formula is C11H11ClN2O2. The van der Waals surface area contributed by atoms with Crippen LogP contribution in [-0.4, -0.2) is 37.2 Å². The number of rotatable bonds is 3. The number of benzene rings is 1. The van der Waals surface area contributed by atoms with Crippen molar-refractivity contribution in [1.29, 1.82) is 0 Å². The molecule has 1 aliphatic heterocycles. The van der Waals surface area contributed by atoms with E-state index >= 15 is 0 Å². The summed E-state index contributed by atoms with van der Waals surface area (Å²) in [5.74, 6) is 0.629. The second-order valence-electron chi connectivity index (χ2n) is 3.78. The monoisotopic (exact) mass is 238 g/mol. The molecule has 0 bridgehead atoms. The average Bonchev–Trinajstić information content (AvgIpc) is 2.20. The van der Waals surface area contributed by atoms with Crippen LogP contribution in [0.5, 0.6) is 5.75 Å². The van der Waals surface area contributed by atoms with Crippen LogP contribution in [0, 0.1) is 0 Å². The molecule has 4 nitrogen and oxygen atoms in total. The van der Waals surface area contributed by atoms with Crippen LogP contribution in [-0.2, 0) is 4.79 Å². The Labute approximate surface area is 98.5 Å². The van der Waals surface area contributed by atoms with Gasteiger partial charge < -0.3 is 4.74 Å². The predicted molar refractivity (Wildman–Crippen MR) is 61.1 cm³/mol. The van der Waals surface area contributed by atoms with Crippen molar-refractivity contribution < 1.29 is 9.53 Å². The summed E-state index contributed by atoms with van der Waals surface area (Å²) in [6.45, 7) is 1.81. The number of likely N-dealkylation sites (N-methyl/N-ethyl adjacent to an activating group) is 1. The van der Waals surface area contributed by atoms with Gasteiger partial charge in [-0.1, -0.05) is 11.6 Å². The van der Waals surface area contributed by atoms with Gasteiger partial charge in [0.2, 0.25) is 6.08 Å². The minimum absolute atomic E-state index is 0.197. The highest BCUT2D eigenvalue weighted by atomic mass is 35.5. The third kappa shape index (κ3) is 2.42. The zero-order valence-corrected chi connectivity index (χ0v) is 9.57. The van der Waals surface area contributed by atoms with Crippen molar-refractivity contribution >= 4 is 23.4 Å². The predicted octanol–water partition coefficient (Wildman–Crippen LogP) is 2.00. The fourth-order valence-corrected chi connectivity index (χ4v) is 1.82. The Balaban J connectivity index is 2.07. The first-order valence-corrected chi connectivity index (χ1v) is 5.29. The number of hydrogen-bond donors (Lipinski definition) is 0. The maximum atomic E-state index is 10.1. The number of carbonyl (C=O) groups excluding carboxylic acids is 1. The van der Waals surface area contributed by atoms with Crippen LogP contribution in [0.4, 0.5) is 5.69 Å². The van der Waals surface area contributed by atoms with Gasteiger partial charge in [-0.3, -0.25) is 4.90 Å². The van der Waals surface area contributed by atoms with E-state index in [2.05, 4.69) is 9.89 Å². The van der Waals surface area contributed by atoms with Crippen LogP contribution in [0.3, 0.4) is 0 Å². The zero-order valence-electron chi connectivity index (χ0n) is 8.81. The molecule has 1 heterocycles. The number of nitrogens with zero attached hydrogens (tertiary/aromatic N) is 2. The van der Waals surface area contributed by atoms with Gasteiger partial charge in [0.05, 0.1) is 10.7 Å². The minimum atomic E-state index is 0.197. The molecule has 0 atom stereocenters. The van der Waals surface area contributed by atoms with Crippen LogP contribution >= 0.6 is 11.6 Å². The number of likely N-dealkylation sites (tertiary alicyclic amines) is 1. The third-order valence-electron chi connectivity index (χ3n) is 2.41. The highest BCUT2D eigenvalue weighted by Crippen LogP contribution is 2.30. The fraction of sp³-hybridized carbons (Fsp3) is 0.364. The van der Waals surface area contributed by atoms with E-state index in [4.69, 9.17) is 16.3 Å². The van der Waals surface area contributed by atoms with Crippen LogP contribution < -0.4 is 4.74 Å². The lowest BCUT2D eigenvalue weighted by molar-refractivity contribution is 0.0389. The highest BCUT2D eigenvalue weighted by Gasteiger charge is 2.25. The van der Waals surface area contributed by atoms with Crippen molar-refractivity contribution in [2.45, 2.75) is 6.10 Å². The fourth-order valence-electron chi connectivity index (χ4n) is 1.60. The van der Waals surface area contributed by atoms with Crippen molar-refractivity contribution in [3.8, 4) is 5.75 Å². The Hall–Kier alpha value is -1.35. The van der Waals surface area contributed by atoms with Crippen molar-refractivity contribution in [1.82, 2.24) is 4.90 Å². The zero-order chi connectivity index (χ0) is 11.5. The first-order chi connectivity index (χ1) is 7.69. The molecule has 2 rings (SSSR count). The van der Waals surface area contributed by atoms with Crippen LogP contribution in [0.2, 0.25) is 5.02 Å². The van der Waals surface area contributed by atoms with Gasteiger partial charge in [0, 0.05) is 13.1 Å². The Morgan fingerprint density at radius 3 is 2.88 bits per heavy atom. The van der Waals surface area contributed by atoms with Crippen LogP contribution in [0.1, 0.15) is 0 Å². The summed E-state index contributed by atoms with van der Waals surface area (Å²) in [5.41, 5.74) is 0.484. The summed E-state index contributed by atoms with van der Waals surface area (Å²) in [6.07, 6.45) is 1.67. The molecule has 1 aromatic rings. The quantitative estimate of drug-likeness (QED) is 0.598. The third-order valence-corrected chi connectivity index (χ3v) is 2.71. The first-order valence-electron chi connectivity index (χ1n) is 4.91. The van der Waals surface area contributed by atoms with Crippen molar-refractivity contribution in [2.75, 3.05) is 20.1 Å². The van der Waals surface area contributed by atoms with Gasteiger partial charge in [0.25, 0.3) is 0 Å². The van der Waals surface area contributed by atoms with E-state index in [9.17, 15) is 4.79 Å². The minimum Gasteiger partial charge on any atom is -0.486 e. The Morgan fingerprint density at radius 1 is 1.56 bits per heavy atom. The molecule has 0 aliphatic carbocycles. The van der Waals surface area contributed by atoms with Gasteiger partial charge in [-0.25, -0.2) is 4.79 Å². The molecule has 0 aromatic heterocycles. The van der Waals surface area contributed by atoms with Crippen LogP contribution in [0.15, 0.2) is 23.2 Å². The Morgan fingerprint density at radius 2 is 2.31 bits per heavy atom.